The van der Waals surface area contributed by atoms with Crippen molar-refractivity contribution >= 4 is 22.0 Å². The van der Waals surface area contributed by atoms with Crippen LogP contribution in [-0.2, 0) is 21.4 Å². The van der Waals surface area contributed by atoms with Crippen molar-refractivity contribution in [3.05, 3.63) is 58.8 Å². The van der Waals surface area contributed by atoms with Crippen LogP contribution >= 0.6 is 0 Å². The Hall–Kier alpha value is -2.45. The molecule has 1 amide bonds. The lowest BCUT2D eigenvalue weighted by Gasteiger charge is -2.29. The molecule has 1 N–H and O–H groups in total. The maximum Gasteiger partial charge on any atom is 0.236 e. The second-order valence-electron chi connectivity index (χ2n) is 7.73. The lowest BCUT2D eigenvalue weighted by atomic mass is 9.97. The molecule has 162 valence electrons. The minimum absolute atomic E-state index is 0.0141. The van der Waals surface area contributed by atoms with E-state index in [1.165, 1.54) is 9.71 Å². The first-order chi connectivity index (χ1) is 14.3. The Morgan fingerprint density at radius 2 is 1.90 bits per heavy atom. The molecule has 3 rings (SSSR count). The van der Waals surface area contributed by atoms with Gasteiger partial charge in [0.2, 0.25) is 15.9 Å². The lowest BCUT2D eigenvalue weighted by Crippen LogP contribution is -2.42. The van der Waals surface area contributed by atoms with Gasteiger partial charge < -0.3 is 5.32 Å². The van der Waals surface area contributed by atoms with Gasteiger partial charge in [-0.25, -0.2) is 8.42 Å². The van der Waals surface area contributed by atoms with Crippen molar-refractivity contribution in [3.8, 4) is 0 Å². The molecule has 0 bridgehead atoms. The van der Waals surface area contributed by atoms with Crippen molar-refractivity contribution in [3.63, 3.8) is 0 Å². The molecular weight excluding hydrogens is 400 g/mol. The smallest absolute Gasteiger partial charge is 0.236 e. The van der Waals surface area contributed by atoms with Crippen molar-refractivity contribution < 1.29 is 13.2 Å². The van der Waals surface area contributed by atoms with Crippen LogP contribution < -0.4 is 5.32 Å². The van der Waals surface area contributed by atoms with Gasteiger partial charge in [-0.15, -0.1) is 0 Å². The highest BCUT2D eigenvalue weighted by Crippen LogP contribution is 2.21. The molecule has 0 aliphatic carbocycles. The summed E-state index contributed by atoms with van der Waals surface area (Å²) in [7, 11) is -3.47. The topological polar surface area (TPSA) is 84.3 Å². The summed E-state index contributed by atoms with van der Waals surface area (Å²) in [6, 6.07) is 11.4. The number of carbonyl (C=O) groups excluding carboxylic acids is 1. The van der Waals surface area contributed by atoms with E-state index in [4.69, 9.17) is 0 Å². The number of carbonyl (C=O) groups is 1. The van der Waals surface area contributed by atoms with E-state index >= 15 is 0 Å². The second-order valence-corrected chi connectivity index (χ2v) is 9.55. The van der Waals surface area contributed by atoms with Crippen LogP contribution in [0.2, 0.25) is 0 Å². The first-order valence-corrected chi connectivity index (χ1v) is 11.9. The van der Waals surface area contributed by atoms with Gasteiger partial charge in [-0.2, -0.15) is 9.40 Å². The summed E-state index contributed by atoms with van der Waals surface area (Å²) in [6.45, 7) is 6.08. The molecule has 1 aromatic carbocycles. The number of benzene rings is 1. The second kappa shape index (κ2) is 10.0. The molecule has 1 aromatic heterocycles. The van der Waals surface area contributed by atoms with Gasteiger partial charge in [-0.1, -0.05) is 30.3 Å². The first-order valence-electron chi connectivity index (χ1n) is 10.4. The van der Waals surface area contributed by atoms with Gasteiger partial charge in [0, 0.05) is 43.2 Å². The summed E-state index contributed by atoms with van der Waals surface area (Å²) >= 11 is 0. The number of nitrogens with one attached hydrogen (secondary N) is 1. The number of rotatable bonds is 8. The van der Waals surface area contributed by atoms with E-state index in [2.05, 4.69) is 10.4 Å². The van der Waals surface area contributed by atoms with Gasteiger partial charge in [0.1, 0.15) is 0 Å². The zero-order valence-corrected chi connectivity index (χ0v) is 18.4. The summed E-state index contributed by atoms with van der Waals surface area (Å²) in [4.78, 5) is 12.4. The maximum atomic E-state index is 12.5. The number of aryl methyl sites for hydroxylation is 3. The van der Waals surface area contributed by atoms with E-state index < -0.39 is 10.0 Å². The molecule has 2 aromatic rings. The van der Waals surface area contributed by atoms with Gasteiger partial charge in [0.25, 0.3) is 0 Å². The lowest BCUT2D eigenvalue weighted by molar-refractivity contribution is -0.126. The van der Waals surface area contributed by atoms with E-state index in [9.17, 15) is 13.2 Å². The normalized spacial score (nSPS) is 16.2. The molecule has 7 nitrogen and oxygen atoms in total. The van der Waals surface area contributed by atoms with Crippen LogP contribution in [0.1, 0.15) is 36.2 Å². The summed E-state index contributed by atoms with van der Waals surface area (Å²) in [5.74, 6) is -0.122. The largest absolute Gasteiger partial charge is 0.356 e. The Morgan fingerprint density at radius 1 is 1.20 bits per heavy atom. The van der Waals surface area contributed by atoms with Crippen LogP contribution in [0.3, 0.4) is 0 Å². The SMILES string of the molecule is Cc1cc(C)n(CCCNC(=O)C2CCN(S(=O)(=O)/C=C/c3ccccc3)CC2)n1. The number of amides is 1. The summed E-state index contributed by atoms with van der Waals surface area (Å²) in [5, 5.41) is 8.66. The molecule has 1 fully saturated rings. The van der Waals surface area contributed by atoms with Gasteiger partial charge in [-0.05, 0) is 50.8 Å². The maximum absolute atomic E-state index is 12.5. The molecule has 0 radical (unpaired) electrons. The molecule has 1 saturated heterocycles. The van der Waals surface area contributed by atoms with Crippen LogP contribution in [0.4, 0.5) is 0 Å². The molecule has 1 aliphatic rings. The summed E-state index contributed by atoms with van der Waals surface area (Å²) < 4.78 is 28.5. The Kier molecular flexibility index (Phi) is 7.44. The predicted molar refractivity (Wildman–Crippen MR) is 118 cm³/mol. The van der Waals surface area contributed by atoms with Crippen LogP contribution in [0.5, 0.6) is 0 Å². The average molecular weight is 431 g/mol. The fourth-order valence-electron chi connectivity index (χ4n) is 3.67. The van der Waals surface area contributed by atoms with Crippen molar-refractivity contribution in [2.75, 3.05) is 19.6 Å². The van der Waals surface area contributed by atoms with Crippen LogP contribution in [-0.4, -0.2) is 48.0 Å². The van der Waals surface area contributed by atoms with Crippen molar-refractivity contribution in [2.45, 2.75) is 39.7 Å². The molecule has 2 heterocycles. The Bertz CT molecular complexity index is 975. The van der Waals surface area contributed by atoms with Gasteiger partial charge in [0.15, 0.2) is 0 Å². The Morgan fingerprint density at radius 3 is 2.53 bits per heavy atom. The number of piperidine rings is 1. The fourth-order valence-corrected chi connectivity index (χ4v) is 4.89. The molecule has 30 heavy (non-hydrogen) atoms. The van der Waals surface area contributed by atoms with Crippen LogP contribution in [0.15, 0.2) is 41.8 Å². The van der Waals surface area contributed by atoms with E-state index in [1.54, 1.807) is 6.08 Å². The minimum atomic E-state index is -3.47. The molecule has 0 unspecified atom stereocenters. The number of hydrogen-bond donors (Lipinski definition) is 1. The summed E-state index contributed by atoms with van der Waals surface area (Å²) in [6.07, 6.45) is 3.51. The Labute approximate surface area is 178 Å². The standard InChI is InChI=1S/C22H30N4O3S/c1-18-17-19(2)26(24-18)13-6-12-23-22(27)21-9-14-25(15-10-21)30(28,29)16-11-20-7-4-3-5-8-20/h3-5,7-8,11,16-17,21H,6,9-10,12-15H2,1-2H3,(H,23,27)/b16-11+. The number of hydrogen-bond acceptors (Lipinski definition) is 4. The molecule has 1 aliphatic heterocycles. The highest BCUT2D eigenvalue weighted by Gasteiger charge is 2.29. The third-order valence-electron chi connectivity index (χ3n) is 5.37. The zero-order valence-electron chi connectivity index (χ0n) is 17.6. The zero-order chi connectivity index (χ0) is 21.6. The van der Waals surface area contributed by atoms with Crippen molar-refractivity contribution in [1.29, 1.82) is 0 Å². The summed E-state index contributed by atoms with van der Waals surface area (Å²) in [5.41, 5.74) is 2.96. The van der Waals surface area contributed by atoms with E-state index in [-0.39, 0.29) is 11.8 Å². The quantitative estimate of drug-likeness (QED) is 0.653. The molecule has 0 spiro atoms. The Balaban J connectivity index is 1.41. The molecule has 0 atom stereocenters. The van der Waals surface area contributed by atoms with Crippen LogP contribution in [0.25, 0.3) is 6.08 Å². The number of aromatic nitrogens is 2. The third-order valence-corrected chi connectivity index (χ3v) is 6.93. The van der Waals surface area contributed by atoms with Crippen molar-refractivity contribution in [1.82, 2.24) is 19.4 Å². The first kappa shape index (κ1) is 22.2. The van der Waals surface area contributed by atoms with Crippen LogP contribution in [0, 0.1) is 19.8 Å². The molecular formula is C22H30N4O3S. The molecule has 8 heteroatoms. The van der Waals surface area contributed by atoms with E-state index in [1.807, 2.05) is 54.9 Å². The van der Waals surface area contributed by atoms with Crippen molar-refractivity contribution in [2.24, 2.45) is 5.92 Å². The van der Waals surface area contributed by atoms with Gasteiger partial charge in [0.05, 0.1) is 5.69 Å². The minimum Gasteiger partial charge on any atom is -0.356 e. The monoisotopic (exact) mass is 430 g/mol. The highest BCUT2D eigenvalue weighted by atomic mass is 32.2. The fraction of sp³-hybridized carbons (Fsp3) is 0.455. The molecule has 0 saturated carbocycles. The predicted octanol–water partition coefficient (Wildman–Crippen LogP) is 2.72. The van der Waals surface area contributed by atoms with E-state index in [0.29, 0.717) is 32.5 Å². The van der Waals surface area contributed by atoms with E-state index in [0.717, 1.165) is 29.9 Å². The van der Waals surface area contributed by atoms with Gasteiger partial charge in [-0.3, -0.25) is 9.48 Å². The number of nitrogens with zero attached hydrogens (tertiary/aromatic N) is 3. The highest BCUT2D eigenvalue weighted by molar-refractivity contribution is 7.92. The average Bonchev–Trinajstić information content (AvgIpc) is 3.07. The van der Waals surface area contributed by atoms with Gasteiger partial charge >= 0.3 is 0 Å². The third kappa shape index (κ3) is 6.03. The number of sulfonamides is 1.